The number of carbonyl (C=O) groups excluding carboxylic acids is 4. The van der Waals surface area contributed by atoms with Crippen LogP contribution in [0.4, 0.5) is 0 Å². The van der Waals surface area contributed by atoms with E-state index in [4.69, 9.17) is 42.1 Å². The summed E-state index contributed by atoms with van der Waals surface area (Å²) < 4.78 is 19.5. The van der Waals surface area contributed by atoms with Crippen LogP contribution in [0.5, 0.6) is 0 Å². The van der Waals surface area contributed by atoms with Crippen LogP contribution < -0.4 is 0 Å². The molecule has 0 aliphatic carbocycles. The molecule has 208 valence electrons. The first-order chi connectivity index (χ1) is 16.7. The van der Waals surface area contributed by atoms with Gasteiger partial charge in [0.1, 0.15) is 0 Å². The third-order valence-electron chi connectivity index (χ3n) is 3.88. The Bertz CT molecular complexity index is 680. The molecule has 0 saturated carbocycles. The maximum atomic E-state index is 11.4. The predicted octanol–water partition coefficient (Wildman–Crippen LogP) is 5.80. The van der Waals surface area contributed by atoms with E-state index in [-0.39, 0.29) is 25.0 Å². The molecule has 0 bridgehead atoms. The largest absolute Gasteiger partial charge is 0.463 e. The van der Waals surface area contributed by atoms with Crippen molar-refractivity contribution in [2.75, 3.05) is 26.4 Å². The Morgan fingerprint density at radius 3 is 1.11 bits per heavy atom. The van der Waals surface area contributed by atoms with Crippen LogP contribution in [0.25, 0.3) is 0 Å². The molecule has 10 heteroatoms. The summed E-state index contributed by atoms with van der Waals surface area (Å²) in [5.41, 5.74) is 0. The van der Waals surface area contributed by atoms with Crippen molar-refractivity contribution in [2.24, 2.45) is 23.7 Å². The van der Waals surface area contributed by atoms with Gasteiger partial charge in [-0.25, -0.2) is 19.2 Å². The third-order valence-corrected chi connectivity index (χ3v) is 4.66. The number of hydrogen-bond donors (Lipinski definition) is 0. The lowest BCUT2D eigenvalue weighted by molar-refractivity contribution is -0.142. The van der Waals surface area contributed by atoms with E-state index in [1.807, 2.05) is 27.7 Å². The first-order valence-electron chi connectivity index (χ1n) is 12.1. The van der Waals surface area contributed by atoms with Crippen LogP contribution in [-0.4, -0.2) is 50.3 Å². The van der Waals surface area contributed by atoms with Gasteiger partial charge in [0.25, 0.3) is 0 Å². The molecule has 0 aromatic heterocycles. The zero-order chi connectivity index (χ0) is 28.3. The summed E-state index contributed by atoms with van der Waals surface area (Å²) in [6.07, 6.45) is 3.85. The minimum atomic E-state index is -0.822. The van der Waals surface area contributed by atoms with Gasteiger partial charge < -0.3 is 18.9 Å². The molecular formula is C26H42Cl2O8. The Morgan fingerprint density at radius 2 is 0.861 bits per heavy atom. The topological polar surface area (TPSA) is 105 Å². The average molecular weight is 554 g/mol. The molecule has 0 N–H and O–H groups in total. The van der Waals surface area contributed by atoms with Crippen LogP contribution in [0.3, 0.4) is 0 Å². The van der Waals surface area contributed by atoms with Crippen molar-refractivity contribution in [3.63, 3.8) is 0 Å². The van der Waals surface area contributed by atoms with Gasteiger partial charge in [-0.1, -0.05) is 78.6 Å². The van der Waals surface area contributed by atoms with Crippen molar-refractivity contribution in [3.8, 4) is 0 Å². The van der Waals surface area contributed by atoms with Crippen molar-refractivity contribution < 1.29 is 38.1 Å². The molecule has 0 amide bonds. The second-order valence-corrected chi connectivity index (χ2v) is 10.4. The molecule has 0 aliphatic heterocycles. The van der Waals surface area contributed by atoms with Crippen molar-refractivity contribution in [3.05, 3.63) is 22.2 Å². The van der Waals surface area contributed by atoms with Crippen molar-refractivity contribution in [2.45, 2.75) is 68.2 Å². The molecule has 0 fully saturated rings. The number of halogens is 2. The summed E-state index contributed by atoms with van der Waals surface area (Å²) in [5, 5.41) is -0.905. The second-order valence-electron chi connectivity index (χ2n) is 9.65. The number of ether oxygens (including phenoxy) is 4. The van der Waals surface area contributed by atoms with Gasteiger partial charge in [-0.05, 0) is 36.5 Å². The van der Waals surface area contributed by atoms with Crippen molar-refractivity contribution in [1.82, 2.24) is 0 Å². The molecule has 0 heterocycles. The first-order valence-corrected chi connectivity index (χ1v) is 12.8. The van der Waals surface area contributed by atoms with Crippen LogP contribution >= 0.6 is 23.2 Å². The lowest BCUT2D eigenvalue weighted by atomic mass is 10.1. The zero-order valence-electron chi connectivity index (χ0n) is 22.7. The van der Waals surface area contributed by atoms with Crippen LogP contribution in [0.2, 0.25) is 0 Å². The van der Waals surface area contributed by atoms with Gasteiger partial charge in [0.15, 0.2) is 10.1 Å². The molecular weight excluding hydrogens is 511 g/mol. The Balaban J connectivity index is 0. The number of hydrogen-bond acceptors (Lipinski definition) is 8. The highest BCUT2D eigenvalue weighted by atomic mass is 35.5. The Hall–Kier alpha value is -2.06. The van der Waals surface area contributed by atoms with Gasteiger partial charge in [0, 0.05) is 12.2 Å². The second kappa shape index (κ2) is 21.1. The highest BCUT2D eigenvalue weighted by Gasteiger charge is 2.21. The van der Waals surface area contributed by atoms with E-state index in [0.717, 1.165) is 25.0 Å². The summed E-state index contributed by atoms with van der Waals surface area (Å²) in [4.78, 5) is 45.2. The van der Waals surface area contributed by atoms with Crippen LogP contribution in [0.1, 0.15) is 68.2 Å². The molecule has 0 aromatic rings. The average Bonchev–Trinajstić information content (AvgIpc) is 2.78. The smallest absolute Gasteiger partial charge is 0.351 e. The quantitative estimate of drug-likeness (QED) is 0.151. The van der Waals surface area contributed by atoms with Crippen LogP contribution in [-0.2, 0) is 38.1 Å². The maximum absolute atomic E-state index is 11.4. The van der Waals surface area contributed by atoms with Crippen LogP contribution in [0.15, 0.2) is 22.2 Å². The first kappa shape index (κ1) is 36.1. The van der Waals surface area contributed by atoms with E-state index >= 15 is 0 Å². The normalized spacial score (nSPS) is 11.8. The monoisotopic (exact) mass is 552 g/mol. The molecule has 8 nitrogen and oxygen atoms in total. The third kappa shape index (κ3) is 22.4. The lowest BCUT2D eigenvalue weighted by Crippen LogP contribution is -2.15. The van der Waals surface area contributed by atoms with E-state index in [1.54, 1.807) is 0 Å². The van der Waals surface area contributed by atoms with E-state index in [0.29, 0.717) is 25.0 Å². The molecule has 0 spiro atoms. The summed E-state index contributed by atoms with van der Waals surface area (Å²) in [6.45, 7) is 16.9. The zero-order valence-corrected chi connectivity index (χ0v) is 24.2. The van der Waals surface area contributed by atoms with E-state index in [2.05, 4.69) is 27.7 Å². The molecule has 0 atom stereocenters. The number of rotatable bonds is 14. The van der Waals surface area contributed by atoms with Gasteiger partial charge >= 0.3 is 23.9 Å². The fourth-order valence-electron chi connectivity index (χ4n) is 1.81. The summed E-state index contributed by atoms with van der Waals surface area (Å²) in [5.74, 6) is -1.33. The standard InChI is InChI=1S/C14H24O4.C12H18Cl2O4/c1-11(2)7-9-17-13(15)5-6-14(16)18-10-8-12(3)4;1-7(2)5-17-11(15)9(13)10(14)12(16)18-6-8(3)4/h5-6,11-12H,7-10H2,1-4H3;7-8H,5-6H2,1-4H3/b6-5-;10-9-. The minimum Gasteiger partial charge on any atom is -0.463 e. The van der Waals surface area contributed by atoms with Gasteiger partial charge in [0.2, 0.25) is 0 Å². The predicted molar refractivity (Wildman–Crippen MR) is 140 cm³/mol. The Labute approximate surface area is 225 Å². The van der Waals surface area contributed by atoms with Gasteiger partial charge in [-0.2, -0.15) is 0 Å². The van der Waals surface area contributed by atoms with Crippen molar-refractivity contribution >= 4 is 47.1 Å². The van der Waals surface area contributed by atoms with Gasteiger partial charge in [-0.3, -0.25) is 0 Å². The summed E-state index contributed by atoms with van der Waals surface area (Å²) in [6, 6.07) is 0. The molecule has 0 aliphatic rings. The molecule has 0 aromatic carbocycles. The molecule has 0 radical (unpaired) electrons. The summed E-state index contributed by atoms with van der Waals surface area (Å²) in [7, 11) is 0. The van der Waals surface area contributed by atoms with Crippen LogP contribution in [0, 0.1) is 23.7 Å². The highest BCUT2D eigenvalue weighted by molar-refractivity contribution is 6.53. The minimum absolute atomic E-state index is 0.171. The Kier molecular flexibility index (Phi) is 21.1. The van der Waals surface area contributed by atoms with E-state index in [9.17, 15) is 19.2 Å². The maximum Gasteiger partial charge on any atom is 0.351 e. The van der Waals surface area contributed by atoms with Crippen molar-refractivity contribution in [1.29, 1.82) is 0 Å². The van der Waals surface area contributed by atoms with E-state index in [1.165, 1.54) is 0 Å². The number of esters is 4. The molecule has 0 rings (SSSR count). The van der Waals surface area contributed by atoms with Gasteiger partial charge in [0.05, 0.1) is 26.4 Å². The Morgan fingerprint density at radius 1 is 0.556 bits per heavy atom. The molecule has 0 unspecified atom stereocenters. The SMILES string of the molecule is CC(C)CCOC(=O)/C=C\C(=O)OCCC(C)C.CC(C)COC(=O)/C(Cl)=C(/Cl)C(=O)OCC(C)C. The molecule has 36 heavy (non-hydrogen) atoms. The summed E-state index contributed by atoms with van der Waals surface area (Å²) >= 11 is 11.3. The fraction of sp³-hybridized carbons (Fsp3) is 0.692. The highest BCUT2D eigenvalue weighted by Crippen LogP contribution is 2.18. The molecule has 0 saturated heterocycles. The lowest BCUT2D eigenvalue weighted by Gasteiger charge is -2.09. The van der Waals surface area contributed by atoms with E-state index < -0.39 is 33.9 Å². The van der Waals surface area contributed by atoms with Gasteiger partial charge in [-0.15, -0.1) is 0 Å². The fourth-order valence-corrected chi connectivity index (χ4v) is 2.08. The number of carbonyl (C=O) groups is 4.